The Morgan fingerprint density at radius 3 is 2.17 bits per heavy atom. The van der Waals surface area contributed by atoms with E-state index in [2.05, 4.69) is 10.6 Å². The van der Waals surface area contributed by atoms with Gasteiger partial charge in [0.05, 0.1) is 20.5 Å². The molecule has 2 amide bonds. The Balaban J connectivity index is 2.05. The number of nitro benzene ring substituents is 1. The predicted octanol–water partition coefficient (Wildman–Crippen LogP) is 3.91. The van der Waals surface area contributed by atoms with Crippen molar-refractivity contribution < 1.29 is 31.9 Å². The lowest BCUT2D eigenvalue weighted by Gasteiger charge is -2.09. The maximum Gasteiger partial charge on any atom is 0.475 e. The predicted molar refractivity (Wildman–Crippen MR) is 106 cm³/mol. The van der Waals surface area contributed by atoms with Gasteiger partial charge in [0.25, 0.3) is 5.69 Å². The van der Waals surface area contributed by atoms with Gasteiger partial charge in [-0.1, -0.05) is 0 Å². The van der Waals surface area contributed by atoms with E-state index in [9.17, 15) is 37.1 Å². The Labute approximate surface area is 174 Å². The molecule has 2 rings (SSSR count). The van der Waals surface area contributed by atoms with Gasteiger partial charge in [0.15, 0.2) is 10.8 Å². The van der Waals surface area contributed by atoms with Gasteiger partial charge in [0.2, 0.25) is 11.8 Å². The molecular weight excluding hydrogens is 447 g/mol. The van der Waals surface area contributed by atoms with Gasteiger partial charge in [0.1, 0.15) is 0 Å². The van der Waals surface area contributed by atoms with Crippen molar-refractivity contribution in [1.82, 2.24) is 0 Å². The molecule has 2 N–H and O–H groups in total. The fourth-order valence-corrected chi connectivity index (χ4v) is 3.67. The molecule has 0 aliphatic rings. The Morgan fingerprint density at radius 1 is 1.10 bits per heavy atom. The summed E-state index contributed by atoms with van der Waals surface area (Å²) in [6.45, 7) is 1.35. The normalized spacial score (nSPS) is 12.1. The first-order valence-electron chi connectivity index (χ1n) is 8.04. The number of benzene rings is 2. The van der Waals surface area contributed by atoms with Crippen molar-refractivity contribution in [1.29, 1.82) is 0 Å². The smallest absolute Gasteiger partial charge is 0.326 e. The third-order valence-corrected chi connectivity index (χ3v) is 5.56. The van der Waals surface area contributed by atoms with Crippen LogP contribution in [0.2, 0.25) is 0 Å². The van der Waals surface area contributed by atoms with Crippen molar-refractivity contribution in [2.75, 3.05) is 16.4 Å². The summed E-state index contributed by atoms with van der Waals surface area (Å²) in [5.74, 6) is -1.02. The minimum absolute atomic E-state index is 0.0425. The van der Waals surface area contributed by atoms with Gasteiger partial charge in [0, 0.05) is 24.4 Å². The number of nitrogens with one attached hydrogen (secondary N) is 2. The van der Waals surface area contributed by atoms with Crippen LogP contribution in [0.4, 0.5) is 30.2 Å². The quantitative estimate of drug-likeness (QED) is 0.367. The first-order chi connectivity index (χ1) is 14.0. The van der Waals surface area contributed by atoms with Crippen LogP contribution >= 0.6 is 11.8 Å². The zero-order valence-electron chi connectivity index (χ0n) is 15.2. The van der Waals surface area contributed by atoms with E-state index < -0.39 is 37.7 Å². The summed E-state index contributed by atoms with van der Waals surface area (Å²) >= 11 is 0.751. The summed E-state index contributed by atoms with van der Waals surface area (Å²) in [5.41, 5.74) is -4.78. The zero-order chi connectivity index (χ0) is 22.5. The van der Waals surface area contributed by atoms with Crippen molar-refractivity contribution in [3.63, 3.8) is 0 Å². The highest BCUT2D eigenvalue weighted by Crippen LogP contribution is 2.34. The van der Waals surface area contributed by atoms with Crippen molar-refractivity contribution in [2.45, 2.75) is 22.2 Å². The fraction of sp³-hybridized carbons (Fsp3) is 0.176. The van der Waals surface area contributed by atoms with E-state index >= 15 is 0 Å². The molecular formula is C17H14F3N3O5S2. The molecule has 0 saturated heterocycles. The summed E-state index contributed by atoms with van der Waals surface area (Å²) in [6.07, 6.45) is 0. The number of rotatable bonds is 7. The number of alkyl halides is 3. The van der Waals surface area contributed by atoms with Crippen molar-refractivity contribution in [3.05, 3.63) is 52.6 Å². The summed E-state index contributed by atoms with van der Waals surface area (Å²) in [6, 6.07) is 8.69. The maximum atomic E-state index is 12.6. The molecule has 0 saturated carbocycles. The lowest BCUT2D eigenvalue weighted by atomic mass is 10.3. The molecule has 0 aliphatic heterocycles. The van der Waals surface area contributed by atoms with E-state index in [1.165, 1.54) is 19.1 Å². The van der Waals surface area contributed by atoms with Gasteiger partial charge < -0.3 is 10.6 Å². The number of thioether (sulfide) groups is 1. The lowest BCUT2D eigenvalue weighted by molar-refractivity contribution is -0.387. The molecule has 0 aromatic heterocycles. The van der Waals surface area contributed by atoms with Gasteiger partial charge in [-0.05, 0) is 36.4 Å². The molecule has 30 heavy (non-hydrogen) atoms. The average Bonchev–Trinajstić information content (AvgIpc) is 2.66. The van der Waals surface area contributed by atoms with E-state index in [1.807, 2.05) is 0 Å². The minimum atomic E-state index is -5.04. The maximum absolute atomic E-state index is 12.6. The SMILES string of the molecule is CC(=O)Nc1ccc(NC(=O)CSc2ccc([S@@](=O)C(F)(F)F)cc2[N+](=O)[O-])cc1. The number of carbonyl (C=O) groups excluding carboxylic acids is 2. The van der Waals surface area contributed by atoms with Crippen LogP contribution in [0.3, 0.4) is 0 Å². The molecule has 8 nitrogen and oxygen atoms in total. The molecule has 0 spiro atoms. The number of anilines is 2. The first kappa shape index (κ1) is 23.3. The van der Waals surface area contributed by atoms with Crippen molar-refractivity contribution in [3.8, 4) is 0 Å². The van der Waals surface area contributed by atoms with Gasteiger partial charge in [-0.25, -0.2) is 4.21 Å². The Kier molecular flexibility index (Phi) is 7.56. The number of hydrogen-bond acceptors (Lipinski definition) is 6. The van der Waals surface area contributed by atoms with Crippen molar-refractivity contribution in [2.24, 2.45) is 0 Å². The number of nitro groups is 1. The fourth-order valence-electron chi connectivity index (χ4n) is 2.19. The second kappa shape index (κ2) is 9.71. The van der Waals surface area contributed by atoms with Gasteiger partial charge in [-0.2, -0.15) is 13.2 Å². The van der Waals surface area contributed by atoms with Crippen LogP contribution in [-0.2, 0) is 20.4 Å². The summed E-state index contributed by atoms with van der Waals surface area (Å²) in [5, 5.41) is 16.3. The van der Waals surface area contributed by atoms with E-state index in [0.29, 0.717) is 17.4 Å². The molecule has 13 heteroatoms. The van der Waals surface area contributed by atoms with E-state index in [-0.39, 0.29) is 16.6 Å². The van der Waals surface area contributed by atoms with Crippen LogP contribution < -0.4 is 10.6 Å². The van der Waals surface area contributed by atoms with Crippen LogP contribution in [0.5, 0.6) is 0 Å². The number of amides is 2. The van der Waals surface area contributed by atoms with Crippen LogP contribution in [-0.4, -0.2) is 32.2 Å². The second-order valence-corrected chi connectivity index (χ2v) is 8.19. The molecule has 0 radical (unpaired) electrons. The molecule has 2 aromatic rings. The van der Waals surface area contributed by atoms with Crippen LogP contribution in [0.1, 0.15) is 6.92 Å². The summed E-state index contributed by atoms with van der Waals surface area (Å²) in [7, 11) is -3.40. The Morgan fingerprint density at radius 2 is 1.67 bits per heavy atom. The highest BCUT2D eigenvalue weighted by atomic mass is 32.2. The Bertz CT molecular complexity index is 997. The van der Waals surface area contributed by atoms with E-state index in [4.69, 9.17) is 0 Å². The lowest BCUT2D eigenvalue weighted by Crippen LogP contribution is -2.16. The van der Waals surface area contributed by atoms with E-state index in [1.54, 1.807) is 12.1 Å². The molecule has 2 aromatic carbocycles. The number of carbonyl (C=O) groups is 2. The van der Waals surface area contributed by atoms with Gasteiger partial charge in [-0.15, -0.1) is 11.8 Å². The van der Waals surface area contributed by atoms with Crippen molar-refractivity contribution >= 4 is 51.4 Å². The number of hydrogen-bond donors (Lipinski definition) is 2. The minimum Gasteiger partial charge on any atom is -0.326 e. The van der Waals surface area contributed by atoms with Gasteiger partial charge in [-0.3, -0.25) is 19.7 Å². The number of halogens is 3. The van der Waals surface area contributed by atoms with Crippen LogP contribution in [0.15, 0.2) is 52.3 Å². The average molecular weight is 461 g/mol. The third kappa shape index (κ3) is 6.56. The molecule has 0 heterocycles. The zero-order valence-corrected chi connectivity index (χ0v) is 16.8. The molecule has 0 bridgehead atoms. The standard InChI is InChI=1S/C17H14F3N3O5S2/c1-10(24)21-11-2-4-12(5-3-11)22-16(25)9-29-15-7-6-13(8-14(15)23(26)27)30(28)17(18,19)20/h2-8H,9H2,1H3,(H,21,24)(H,22,25)/t30-/m1/s1. The molecule has 0 unspecified atom stereocenters. The third-order valence-electron chi connectivity index (χ3n) is 3.40. The topological polar surface area (TPSA) is 118 Å². The second-order valence-electron chi connectivity index (χ2n) is 5.70. The molecule has 1 atom stereocenters. The van der Waals surface area contributed by atoms with Crippen LogP contribution in [0.25, 0.3) is 0 Å². The number of nitrogens with zero attached hydrogens (tertiary/aromatic N) is 1. The van der Waals surface area contributed by atoms with E-state index in [0.717, 1.165) is 23.9 Å². The largest absolute Gasteiger partial charge is 0.475 e. The summed E-state index contributed by atoms with van der Waals surface area (Å²) in [4.78, 5) is 32.5. The first-order valence-corrected chi connectivity index (χ1v) is 10.2. The Hall–Kier alpha value is -2.93. The highest BCUT2D eigenvalue weighted by Gasteiger charge is 2.38. The molecule has 0 aliphatic carbocycles. The summed E-state index contributed by atoms with van der Waals surface area (Å²) < 4.78 is 49.1. The molecule has 0 fully saturated rings. The molecule has 160 valence electrons. The van der Waals surface area contributed by atoms with Gasteiger partial charge >= 0.3 is 5.51 Å². The monoisotopic (exact) mass is 461 g/mol. The van der Waals surface area contributed by atoms with Crippen LogP contribution in [0, 0.1) is 10.1 Å². The highest BCUT2D eigenvalue weighted by molar-refractivity contribution is 8.00.